The highest BCUT2D eigenvalue weighted by Crippen LogP contribution is 2.10. The van der Waals surface area contributed by atoms with Crippen LogP contribution in [0.3, 0.4) is 0 Å². The fraction of sp³-hybridized carbons (Fsp3) is 0.250. The highest BCUT2D eigenvalue weighted by molar-refractivity contribution is 6.07. The zero-order valence-corrected chi connectivity index (χ0v) is 9.56. The fourth-order valence-electron chi connectivity index (χ4n) is 1.65. The molecule has 0 saturated heterocycles. The molecule has 0 saturated carbocycles. The zero-order valence-electron chi connectivity index (χ0n) is 9.56. The van der Waals surface area contributed by atoms with Crippen molar-refractivity contribution in [3.05, 3.63) is 47.0 Å². The number of nitrogens with zero attached hydrogens (tertiary/aromatic N) is 3. The summed E-state index contributed by atoms with van der Waals surface area (Å²) >= 11 is 0. The van der Waals surface area contributed by atoms with Crippen LogP contribution in [0.1, 0.15) is 27.4 Å². The molecule has 0 bridgehead atoms. The third kappa shape index (κ3) is 2.00. The van der Waals surface area contributed by atoms with Crippen molar-refractivity contribution in [2.75, 3.05) is 0 Å². The molecule has 2 rings (SSSR count). The highest BCUT2D eigenvalue weighted by Gasteiger charge is 2.12. The molecule has 0 atom stereocenters. The van der Waals surface area contributed by atoms with Crippen molar-refractivity contribution in [1.29, 1.82) is 0 Å². The SMILES string of the molecule is Cc1cc(C(=O)c2ccn(C)n2)cc(C)n1. The molecular formula is C12H13N3O. The van der Waals surface area contributed by atoms with E-state index in [2.05, 4.69) is 10.1 Å². The van der Waals surface area contributed by atoms with Gasteiger partial charge in [-0.3, -0.25) is 14.5 Å². The Morgan fingerprint density at radius 3 is 2.38 bits per heavy atom. The molecule has 2 aromatic heterocycles. The quantitative estimate of drug-likeness (QED) is 0.716. The van der Waals surface area contributed by atoms with E-state index in [1.54, 1.807) is 36.1 Å². The van der Waals surface area contributed by atoms with Crippen molar-refractivity contribution in [1.82, 2.24) is 14.8 Å². The van der Waals surface area contributed by atoms with Gasteiger partial charge < -0.3 is 0 Å². The Labute approximate surface area is 93.9 Å². The Morgan fingerprint density at radius 1 is 1.25 bits per heavy atom. The van der Waals surface area contributed by atoms with E-state index in [0.29, 0.717) is 11.3 Å². The van der Waals surface area contributed by atoms with Gasteiger partial charge in [0.2, 0.25) is 5.78 Å². The Kier molecular flexibility index (Phi) is 2.56. The first-order chi connectivity index (χ1) is 7.56. The smallest absolute Gasteiger partial charge is 0.213 e. The molecule has 16 heavy (non-hydrogen) atoms. The molecule has 0 fully saturated rings. The number of hydrogen-bond acceptors (Lipinski definition) is 3. The molecular weight excluding hydrogens is 202 g/mol. The highest BCUT2D eigenvalue weighted by atomic mass is 16.1. The average molecular weight is 215 g/mol. The first-order valence-corrected chi connectivity index (χ1v) is 5.06. The summed E-state index contributed by atoms with van der Waals surface area (Å²) < 4.78 is 1.62. The van der Waals surface area contributed by atoms with Gasteiger partial charge in [0.1, 0.15) is 5.69 Å². The van der Waals surface area contributed by atoms with E-state index in [0.717, 1.165) is 11.4 Å². The maximum absolute atomic E-state index is 12.1. The van der Waals surface area contributed by atoms with Gasteiger partial charge in [0.05, 0.1) is 0 Å². The van der Waals surface area contributed by atoms with Crippen molar-refractivity contribution in [3.8, 4) is 0 Å². The molecule has 82 valence electrons. The van der Waals surface area contributed by atoms with Crippen molar-refractivity contribution < 1.29 is 4.79 Å². The van der Waals surface area contributed by atoms with Crippen LogP contribution in [0, 0.1) is 13.8 Å². The Balaban J connectivity index is 2.41. The summed E-state index contributed by atoms with van der Waals surface area (Å²) in [6, 6.07) is 5.28. The van der Waals surface area contributed by atoms with Crippen molar-refractivity contribution in [3.63, 3.8) is 0 Å². The third-order valence-electron chi connectivity index (χ3n) is 2.29. The topological polar surface area (TPSA) is 47.8 Å². The number of rotatable bonds is 2. The van der Waals surface area contributed by atoms with E-state index in [1.807, 2.05) is 13.8 Å². The zero-order chi connectivity index (χ0) is 11.7. The molecule has 0 aliphatic heterocycles. The predicted molar refractivity (Wildman–Crippen MR) is 60.4 cm³/mol. The van der Waals surface area contributed by atoms with Gasteiger partial charge in [0.25, 0.3) is 0 Å². The number of hydrogen-bond donors (Lipinski definition) is 0. The molecule has 0 radical (unpaired) electrons. The summed E-state index contributed by atoms with van der Waals surface area (Å²) in [5.74, 6) is -0.0609. The van der Waals surface area contributed by atoms with E-state index in [4.69, 9.17) is 0 Å². The minimum Gasteiger partial charge on any atom is -0.287 e. The van der Waals surface area contributed by atoms with Gasteiger partial charge >= 0.3 is 0 Å². The van der Waals surface area contributed by atoms with E-state index < -0.39 is 0 Å². The number of aryl methyl sites for hydroxylation is 3. The van der Waals surface area contributed by atoms with Crippen LogP contribution in [0.15, 0.2) is 24.4 Å². The van der Waals surface area contributed by atoms with Crippen molar-refractivity contribution in [2.24, 2.45) is 7.05 Å². The van der Waals surface area contributed by atoms with Crippen molar-refractivity contribution >= 4 is 5.78 Å². The summed E-state index contributed by atoms with van der Waals surface area (Å²) in [7, 11) is 1.79. The number of aromatic nitrogens is 3. The van der Waals surface area contributed by atoms with Gasteiger partial charge in [0, 0.05) is 30.2 Å². The number of carbonyl (C=O) groups excluding carboxylic acids is 1. The summed E-state index contributed by atoms with van der Waals surface area (Å²) in [4.78, 5) is 16.3. The molecule has 0 aromatic carbocycles. The Bertz CT molecular complexity index is 523. The van der Waals surface area contributed by atoms with E-state index in [-0.39, 0.29) is 5.78 Å². The minimum atomic E-state index is -0.0609. The molecule has 0 aliphatic carbocycles. The largest absolute Gasteiger partial charge is 0.287 e. The summed E-state index contributed by atoms with van der Waals surface area (Å²) in [6.07, 6.45) is 1.76. The molecule has 0 N–H and O–H groups in total. The first-order valence-electron chi connectivity index (χ1n) is 5.06. The average Bonchev–Trinajstić information content (AvgIpc) is 2.62. The second-order valence-corrected chi connectivity index (χ2v) is 3.84. The van der Waals surface area contributed by atoms with Crippen LogP contribution in [0.4, 0.5) is 0 Å². The molecule has 0 spiro atoms. The summed E-state index contributed by atoms with van der Waals surface area (Å²) in [5.41, 5.74) is 2.80. The molecule has 0 amide bonds. The molecule has 2 aromatic rings. The second kappa shape index (κ2) is 3.89. The first kappa shape index (κ1) is 10.5. The van der Waals surface area contributed by atoms with E-state index in [1.165, 1.54) is 0 Å². The Morgan fingerprint density at radius 2 is 1.88 bits per heavy atom. The van der Waals surface area contributed by atoms with Crippen LogP contribution in [-0.2, 0) is 7.05 Å². The van der Waals surface area contributed by atoms with Crippen molar-refractivity contribution in [2.45, 2.75) is 13.8 Å². The second-order valence-electron chi connectivity index (χ2n) is 3.84. The minimum absolute atomic E-state index is 0.0609. The predicted octanol–water partition coefficient (Wildman–Crippen LogP) is 1.66. The Hall–Kier alpha value is -1.97. The molecule has 4 nitrogen and oxygen atoms in total. The normalized spacial score (nSPS) is 10.4. The lowest BCUT2D eigenvalue weighted by molar-refractivity contribution is 0.103. The van der Waals surface area contributed by atoms with Crippen LogP contribution < -0.4 is 0 Å². The molecule has 0 aliphatic rings. The lowest BCUT2D eigenvalue weighted by Crippen LogP contribution is -2.05. The maximum Gasteiger partial charge on any atom is 0.213 e. The summed E-state index contributed by atoms with van der Waals surface area (Å²) in [5, 5.41) is 4.09. The van der Waals surface area contributed by atoms with Crippen LogP contribution in [0.2, 0.25) is 0 Å². The standard InChI is InChI=1S/C12H13N3O/c1-8-6-10(7-9(2)13-8)12(16)11-4-5-15(3)14-11/h4-7H,1-3H3. The lowest BCUT2D eigenvalue weighted by Gasteiger charge is -2.01. The van der Waals surface area contributed by atoms with Gasteiger partial charge in [0.15, 0.2) is 0 Å². The van der Waals surface area contributed by atoms with Gasteiger partial charge in [-0.2, -0.15) is 5.10 Å². The third-order valence-corrected chi connectivity index (χ3v) is 2.29. The fourth-order valence-corrected chi connectivity index (χ4v) is 1.65. The van der Waals surface area contributed by atoms with Crippen LogP contribution >= 0.6 is 0 Å². The molecule has 4 heteroatoms. The summed E-state index contributed by atoms with van der Waals surface area (Å²) in [6.45, 7) is 3.75. The molecule has 0 unspecified atom stereocenters. The lowest BCUT2D eigenvalue weighted by atomic mass is 10.1. The maximum atomic E-state index is 12.1. The van der Waals surface area contributed by atoms with Gasteiger partial charge in [-0.15, -0.1) is 0 Å². The van der Waals surface area contributed by atoms with Gasteiger partial charge in [-0.25, -0.2) is 0 Å². The van der Waals surface area contributed by atoms with Crippen LogP contribution in [0.5, 0.6) is 0 Å². The molecule has 2 heterocycles. The number of ketones is 1. The van der Waals surface area contributed by atoms with Gasteiger partial charge in [-0.05, 0) is 32.0 Å². The van der Waals surface area contributed by atoms with E-state index >= 15 is 0 Å². The van der Waals surface area contributed by atoms with Crippen LogP contribution in [-0.4, -0.2) is 20.5 Å². The number of carbonyl (C=O) groups is 1. The monoisotopic (exact) mass is 215 g/mol. The van der Waals surface area contributed by atoms with E-state index in [9.17, 15) is 4.79 Å². The number of pyridine rings is 1. The van der Waals surface area contributed by atoms with Gasteiger partial charge in [-0.1, -0.05) is 0 Å². The van der Waals surface area contributed by atoms with Crippen LogP contribution in [0.25, 0.3) is 0 Å².